The molecule has 2 bridgehead atoms. The van der Waals surface area contributed by atoms with Gasteiger partial charge in [-0.1, -0.05) is 20.8 Å². The van der Waals surface area contributed by atoms with E-state index in [2.05, 4.69) is 10.6 Å². The second kappa shape index (κ2) is 3.23. The number of hydrogen-bond acceptors (Lipinski definition) is 2. The highest BCUT2D eigenvalue weighted by Gasteiger charge is 2.45. The quantitative estimate of drug-likeness (QED) is 0.650. The molecule has 3 heteroatoms. The molecule has 0 spiro atoms. The van der Waals surface area contributed by atoms with Gasteiger partial charge in [-0.2, -0.15) is 0 Å². The van der Waals surface area contributed by atoms with Gasteiger partial charge in [0.2, 0.25) is 5.91 Å². The summed E-state index contributed by atoms with van der Waals surface area (Å²) in [6.45, 7) is 8.05. The molecule has 2 heterocycles. The van der Waals surface area contributed by atoms with Gasteiger partial charge in [0.1, 0.15) is 0 Å². The Morgan fingerprint density at radius 1 is 1.29 bits per heavy atom. The third-order valence-corrected chi connectivity index (χ3v) is 3.41. The van der Waals surface area contributed by atoms with Crippen molar-refractivity contribution in [3.8, 4) is 0 Å². The fourth-order valence-electron chi connectivity index (χ4n) is 2.35. The van der Waals surface area contributed by atoms with Crippen molar-refractivity contribution < 1.29 is 4.79 Å². The average Bonchev–Trinajstić information content (AvgIpc) is 2.13. The zero-order valence-electron chi connectivity index (χ0n) is 9.26. The molecule has 2 N–H and O–H groups in total. The van der Waals surface area contributed by atoms with Crippen molar-refractivity contribution in [3.63, 3.8) is 0 Å². The number of hydrogen-bond donors (Lipinski definition) is 2. The molecule has 2 aliphatic heterocycles. The van der Waals surface area contributed by atoms with Gasteiger partial charge in [0, 0.05) is 11.5 Å². The highest BCUT2D eigenvalue weighted by molar-refractivity contribution is 5.81. The number of nitrogens with one attached hydrogen (secondary N) is 2. The molecule has 3 rings (SSSR count). The van der Waals surface area contributed by atoms with Crippen LogP contribution in [0.15, 0.2) is 0 Å². The zero-order chi connectivity index (χ0) is 10.3. The fourth-order valence-corrected chi connectivity index (χ4v) is 2.35. The molecule has 1 aliphatic carbocycles. The van der Waals surface area contributed by atoms with Gasteiger partial charge in [0.25, 0.3) is 0 Å². The van der Waals surface area contributed by atoms with E-state index in [0.717, 1.165) is 13.1 Å². The lowest BCUT2D eigenvalue weighted by Gasteiger charge is -2.50. The van der Waals surface area contributed by atoms with Crippen LogP contribution in [-0.2, 0) is 4.79 Å². The summed E-state index contributed by atoms with van der Waals surface area (Å²) in [5, 5.41) is 6.55. The second-order valence-corrected chi connectivity index (χ2v) is 5.66. The van der Waals surface area contributed by atoms with E-state index in [1.165, 1.54) is 6.42 Å². The van der Waals surface area contributed by atoms with E-state index in [-0.39, 0.29) is 11.3 Å². The Hall–Kier alpha value is -0.570. The Balaban J connectivity index is 1.90. The largest absolute Gasteiger partial charge is 0.352 e. The smallest absolute Gasteiger partial charge is 0.225 e. The number of fused-ring (bicyclic) bond motifs is 2. The van der Waals surface area contributed by atoms with Crippen molar-refractivity contribution in [1.29, 1.82) is 0 Å². The monoisotopic (exact) mass is 196 g/mol. The molecule has 2 saturated heterocycles. The van der Waals surface area contributed by atoms with Crippen LogP contribution in [-0.4, -0.2) is 25.0 Å². The third kappa shape index (κ3) is 1.65. The first-order chi connectivity index (χ1) is 6.48. The van der Waals surface area contributed by atoms with Gasteiger partial charge in [0.15, 0.2) is 0 Å². The van der Waals surface area contributed by atoms with Crippen molar-refractivity contribution in [1.82, 2.24) is 10.6 Å². The summed E-state index contributed by atoms with van der Waals surface area (Å²) in [4.78, 5) is 11.8. The van der Waals surface area contributed by atoms with Crippen LogP contribution in [0.25, 0.3) is 0 Å². The van der Waals surface area contributed by atoms with Gasteiger partial charge < -0.3 is 10.6 Å². The number of carbonyl (C=O) groups is 1. The molecule has 0 aromatic rings. The lowest BCUT2D eigenvalue weighted by Crippen LogP contribution is -2.64. The molecule has 1 saturated carbocycles. The molecule has 14 heavy (non-hydrogen) atoms. The number of piperidine rings is 2. The maximum atomic E-state index is 11.8. The second-order valence-electron chi connectivity index (χ2n) is 5.66. The highest BCUT2D eigenvalue weighted by atomic mass is 16.2. The summed E-state index contributed by atoms with van der Waals surface area (Å²) in [5.41, 5.74) is -0.253. The first kappa shape index (κ1) is 9.97. The molecule has 3 nitrogen and oxygen atoms in total. The molecule has 0 radical (unpaired) electrons. The van der Waals surface area contributed by atoms with Crippen LogP contribution in [0.4, 0.5) is 0 Å². The van der Waals surface area contributed by atoms with E-state index >= 15 is 0 Å². The van der Waals surface area contributed by atoms with Crippen LogP contribution < -0.4 is 10.6 Å². The Kier molecular flexibility index (Phi) is 2.30. The Labute approximate surface area is 85.6 Å². The summed E-state index contributed by atoms with van der Waals surface area (Å²) in [6.07, 6.45) is 1.29. The Morgan fingerprint density at radius 3 is 2.29 bits per heavy atom. The summed E-state index contributed by atoms with van der Waals surface area (Å²) < 4.78 is 0. The molecule has 2 atom stereocenters. The minimum atomic E-state index is -0.253. The first-order valence-corrected chi connectivity index (χ1v) is 5.50. The van der Waals surface area contributed by atoms with Crippen molar-refractivity contribution in [2.45, 2.75) is 33.2 Å². The maximum Gasteiger partial charge on any atom is 0.225 e. The first-order valence-electron chi connectivity index (χ1n) is 5.50. The minimum Gasteiger partial charge on any atom is -0.352 e. The SMILES string of the molecule is CC(C)(C)C(=O)NC1C2CNCC1C2. The minimum absolute atomic E-state index is 0.194. The molecule has 1 amide bonds. The maximum absolute atomic E-state index is 11.8. The molecule has 80 valence electrons. The van der Waals surface area contributed by atoms with Crippen molar-refractivity contribution in [2.75, 3.05) is 13.1 Å². The Bertz CT molecular complexity index is 230. The van der Waals surface area contributed by atoms with Crippen LogP contribution >= 0.6 is 0 Å². The van der Waals surface area contributed by atoms with Crippen LogP contribution in [0.5, 0.6) is 0 Å². The summed E-state index contributed by atoms with van der Waals surface area (Å²) in [6, 6.07) is 0.447. The van der Waals surface area contributed by atoms with E-state index in [0.29, 0.717) is 17.9 Å². The average molecular weight is 196 g/mol. The number of amides is 1. The van der Waals surface area contributed by atoms with Crippen molar-refractivity contribution >= 4 is 5.91 Å². The van der Waals surface area contributed by atoms with E-state index in [1.54, 1.807) is 0 Å². The number of rotatable bonds is 1. The van der Waals surface area contributed by atoms with E-state index < -0.39 is 0 Å². The van der Waals surface area contributed by atoms with Crippen LogP contribution in [0.1, 0.15) is 27.2 Å². The van der Waals surface area contributed by atoms with E-state index in [1.807, 2.05) is 20.8 Å². The van der Waals surface area contributed by atoms with Crippen LogP contribution in [0.2, 0.25) is 0 Å². The molecule has 2 unspecified atom stereocenters. The molecule has 3 aliphatic rings. The molecule has 3 fully saturated rings. The lowest BCUT2D eigenvalue weighted by atomic mass is 9.66. The van der Waals surface area contributed by atoms with E-state index in [9.17, 15) is 4.79 Å². The summed E-state index contributed by atoms with van der Waals surface area (Å²) >= 11 is 0. The van der Waals surface area contributed by atoms with Gasteiger partial charge >= 0.3 is 0 Å². The summed E-state index contributed by atoms with van der Waals surface area (Å²) in [7, 11) is 0. The van der Waals surface area contributed by atoms with Gasteiger partial charge in [-0.25, -0.2) is 0 Å². The van der Waals surface area contributed by atoms with Crippen LogP contribution in [0, 0.1) is 17.3 Å². The normalized spacial score (nSPS) is 36.1. The van der Waals surface area contributed by atoms with Crippen molar-refractivity contribution in [3.05, 3.63) is 0 Å². The molecular weight excluding hydrogens is 176 g/mol. The predicted molar refractivity (Wildman–Crippen MR) is 55.9 cm³/mol. The van der Waals surface area contributed by atoms with Gasteiger partial charge in [-0.05, 0) is 31.3 Å². The Morgan fingerprint density at radius 2 is 1.86 bits per heavy atom. The predicted octanol–water partition coefficient (Wildman–Crippen LogP) is 0.757. The fraction of sp³-hybridized carbons (Fsp3) is 0.909. The molecule has 0 aromatic carbocycles. The highest BCUT2D eigenvalue weighted by Crippen LogP contribution is 2.37. The third-order valence-electron chi connectivity index (χ3n) is 3.41. The van der Waals surface area contributed by atoms with Gasteiger partial charge in [-0.15, -0.1) is 0 Å². The van der Waals surface area contributed by atoms with E-state index in [4.69, 9.17) is 0 Å². The topological polar surface area (TPSA) is 41.1 Å². The molecular formula is C11H20N2O. The van der Waals surface area contributed by atoms with Gasteiger partial charge in [-0.3, -0.25) is 4.79 Å². The molecule has 0 aromatic heterocycles. The summed E-state index contributed by atoms with van der Waals surface area (Å²) in [5.74, 6) is 1.55. The van der Waals surface area contributed by atoms with Crippen molar-refractivity contribution in [2.24, 2.45) is 17.3 Å². The standard InChI is InChI=1S/C11H20N2O/c1-11(2,3)10(14)13-9-7-4-8(9)6-12-5-7/h7-9,12H,4-6H2,1-3H3,(H,13,14). The number of carbonyl (C=O) groups excluding carboxylic acids is 1. The lowest BCUT2D eigenvalue weighted by molar-refractivity contribution is -0.132. The van der Waals surface area contributed by atoms with Crippen LogP contribution in [0.3, 0.4) is 0 Å². The van der Waals surface area contributed by atoms with Gasteiger partial charge in [0.05, 0.1) is 0 Å². The zero-order valence-corrected chi connectivity index (χ0v) is 9.26.